The number of hydrogen-bond acceptors (Lipinski definition) is 4. The van der Waals surface area contributed by atoms with Crippen molar-refractivity contribution in [3.63, 3.8) is 0 Å². The minimum Gasteiger partial charge on any atom is -0.142 e. The second kappa shape index (κ2) is 5.28. The normalized spacial score (nSPS) is 10.5. The van der Waals surface area contributed by atoms with Gasteiger partial charge in [-0.25, -0.2) is 0 Å². The van der Waals surface area contributed by atoms with Crippen LogP contribution in [-0.4, -0.2) is 16.0 Å². The van der Waals surface area contributed by atoms with Crippen LogP contribution in [-0.2, 0) is 6.42 Å². The first-order chi connectivity index (χ1) is 7.38. The molecule has 1 aromatic heterocycles. The Morgan fingerprint density at radius 2 is 2.00 bits per heavy atom. The zero-order valence-electron chi connectivity index (χ0n) is 8.51. The minimum absolute atomic E-state index is 0.892. The Balaban J connectivity index is 2.05. The number of nitrogens with zero attached hydrogens (tertiary/aromatic N) is 2. The molecule has 0 saturated heterocycles. The van der Waals surface area contributed by atoms with Crippen LogP contribution in [0, 0.1) is 0 Å². The summed E-state index contributed by atoms with van der Waals surface area (Å²) in [5.74, 6) is 1.06. The standard InChI is InChI=1S/C11H12N2S2/c1-2-14-11-13-12-10(15-11)8-9-6-4-3-5-7-9/h3-7H,2,8H2,1H3. The van der Waals surface area contributed by atoms with Gasteiger partial charge in [-0.2, -0.15) is 0 Å². The van der Waals surface area contributed by atoms with E-state index in [9.17, 15) is 0 Å². The van der Waals surface area contributed by atoms with Gasteiger partial charge in [0.25, 0.3) is 0 Å². The van der Waals surface area contributed by atoms with Crippen LogP contribution in [0.5, 0.6) is 0 Å². The first-order valence-electron chi connectivity index (χ1n) is 4.87. The molecule has 1 heterocycles. The molecule has 0 fully saturated rings. The summed E-state index contributed by atoms with van der Waals surface area (Å²) >= 11 is 3.44. The van der Waals surface area contributed by atoms with Gasteiger partial charge in [0.05, 0.1) is 0 Å². The van der Waals surface area contributed by atoms with Gasteiger partial charge in [0.1, 0.15) is 5.01 Å². The average Bonchev–Trinajstić information content (AvgIpc) is 2.68. The summed E-state index contributed by atoms with van der Waals surface area (Å²) in [6, 6.07) is 10.4. The van der Waals surface area contributed by atoms with E-state index in [4.69, 9.17) is 0 Å². The fraction of sp³-hybridized carbons (Fsp3) is 0.273. The number of hydrogen-bond donors (Lipinski definition) is 0. The highest BCUT2D eigenvalue weighted by atomic mass is 32.2. The van der Waals surface area contributed by atoms with Crippen LogP contribution in [0.3, 0.4) is 0 Å². The zero-order valence-corrected chi connectivity index (χ0v) is 10.1. The fourth-order valence-corrected chi connectivity index (χ4v) is 3.09. The smallest absolute Gasteiger partial charge is 0.142 e. The summed E-state index contributed by atoms with van der Waals surface area (Å²) in [5, 5.41) is 9.41. The first kappa shape index (κ1) is 10.6. The number of benzene rings is 1. The third kappa shape index (κ3) is 3.04. The van der Waals surface area contributed by atoms with Gasteiger partial charge in [-0.15, -0.1) is 10.2 Å². The van der Waals surface area contributed by atoms with Gasteiger partial charge in [-0.1, -0.05) is 60.4 Å². The summed E-state index contributed by atoms with van der Waals surface area (Å²) in [5.41, 5.74) is 1.29. The lowest BCUT2D eigenvalue weighted by atomic mass is 10.2. The summed E-state index contributed by atoms with van der Waals surface area (Å²) in [6.07, 6.45) is 0.892. The van der Waals surface area contributed by atoms with Crippen LogP contribution in [0.1, 0.15) is 17.5 Å². The van der Waals surface area contributed by atoms with Crippen LogP contribution in [0.25, 0.3) is 0 Å². The molecule has 1 aromatic carbocycles. The Morgan fingerprint density at radius 1 is 1.20 bits per heavy atom. The van der Waals surface area contributed by atoms with Gasteiger partial charge in [0, 0.05) is 6.42 Å². The van der Waals surface area contributed by atoms with Crippen LogP contribution in [0.2, 0.25) is 0 Å². The van der Waals surface area contributed by atoms with Gasteiger partial charge in [-0.05, 0) is 11.3 Å². The lowest BCUT2D eigenvalue weighted by Gasteiger charge is -1.94. The highest BCUT2D eigenvalue weighted by Gasteiger charge is 2.04. The highest BCUT2D eigenvalue weighted by molar-refractivity contribution is 8.00. The van der Waals surface area contributed by atoms with Crippen molar-refractivity contribution in [1.82, 2.24) is 10.2 Å². The van der Waals surface area contributed by atoms with Crippen molar-refractivity contribution < 1.29 is 0 Å². The third-order valence-corrected chi connectivity index (χ3v) is 3.85. The summed E-state index contributed by atoms with van der Waals surface area (Å²) in [4.78, 5) is 0. The molecule has 0 spiro atoms. The fourth-order valence-electron chi connectivity index (χ4n) is 1.26. The lowest BCUT2D eigenvalue weighted by Crippen LogP contribution is -1.85. The molecule has 78 valence electrons. The van der Waals surface area contributed by atoms with Crippen molar-refractivity contribution in [3.8, 4) is 0 Å². The quantitative estimate of drug-likeness (QED) is 0.762. The monoisotopic (exact) mass is 236 g/mol. The lowest BCUT2D eigenvalue weighted by molar-refractivity contribution is 0.957. The van der Waals surface area contributed by atoms with E-state index in [1.807, 2.05) is 6.07 Å². The maximum atomic E-state index is 4.18. The second-order valence-electron chi connectivity index (χ2n) is 3.06. The topological polar surface area (TPSA) is 25.8 Å². The Labute approximate surface area is 97.8 Å². The van der Waals surface area contributed by atoms with Crippen LogP contribution in [0.4, 0.5) is 0 Å². The molecule has 0 amide bonds. The molecule has 0 radical (unpaired) electrons. The summed E-state index contributed by atoms with van der Waals surface area (Å²) < 4.78 is 1.07. The molecule has 2 aromatic rings. The van der Waals surface area contributed by atoms with Crippen molar-refractivity contribution >= 4 is 23.1 Å². The van der Waals surface area contributed by atoms with Gasteiger partial charge in [0.15, 0.2) is 4.34 Å². The average molecular weight is 236 g/mol. The molecule has 0 saturated carbocycles. The van der Waals surface area contributed by atoms with Crippen LogP contribution >= 0.6 is 23.1 Å². The van der Waals surface area contributed by atoms with Gasteiger partial charge < -0.3 is 0 Å². The van der Waals surface area contributed by atoms with Crippen molar-refractivity contribution in [1.29, 1.82) is 0 Å². The molecule has 15 heavy (non-hydrogen) atoms. The molecular formula is C11H12N2S2. The summed E-state index contributed by atoms with van der Waals surface area (Å²) in [6.45, 7) is 2.13. The van der Waals surface area contributed by atoms with Gasteiger partial charge in [0.2, 0.25) is 0 Å². The number of rotatable bonds is 4. The summed E-state index contributed by atoms with van der Waals surface area (Å²) in [7, 11) is 0. The number of aromatic nitrogens is 2. The molecule has 0 aliphatic rings. The van der Waals surface area contributed by atoms with E-state index in [1.165, 1.54) is 5.56 Å². The minimum atomic E-state index is 0.892. The van der Waals surface area contributed by atoms with E-state index in [0.29, 0.717) is 0 Å². The van der Waals surface area contributed by atoms with E-state index >= 15 is 0 Å². The zero-order chi connectivity index (χ0) is 10.5. The Bertz CT molecular complexity index is 412. The number of thioether (sulfide) groups is 1. The SMILES string of the molecule is CCSc1nnc(Cc2ccccc2)s1. The van der Waals surface area contributed by atoms with Gasteiger partial charge in [-0.3, -0.25) is 0 Å². The Morgan fingerprint density at radius 3 is 2.73 bits per heavy atom. The van der Waals surface area contributed by atoms with Crippen LogP contribution < -0.4 is 0 Å². The van der Waals surface area contributed by atoms with Crippen molar-refractivity contribution in [2.24, 2.45) is 0 Å². The molecule has 2 rings (SSSR count). The maximum Gasteiger partial charge on any atom is 0.174 e. The maximum absolute atomic E-state index is 4.18. The van der Waals surface area contributed by atoms with Crippen LogP contribution in [0.15, 0.2) is 34.7 Å². The van der Waals surface area contributed by atoms with E-state index in [1.54, 1.807) is 23.1 Å². The predicted octanol–water partition coefficient (Wildman–Crippen LogP) is 3.24. The molecule has 0 N–H and O–H groups in total. The third-order valence-electron chi connectivity index (χ3n) is 1.91. The Hall–Kier alpha value is -0.870. The van der Waals surface area contributed by atoms with E-state index in [2.05, 4.69) is 41.4 Å². The van der Waals surface area contributed by atoms with Crippen molar-refractivity contribution in [3.05, 3.63) is 40.9 Å². The molecule has 4 heteroatoms. The Kier molecular flexibility index (Phi) is 3.75. The van der Waals surface area contributed by atoms with Gasteiger partial charge >= 0.3 is 0 Å². The molecule has 0 bridgehead atoms. The molecule has 0 aliphatic heterocycles. The largest absolute Gasteiger partial charge is 0.174 e. The molecule has 0 aliphatic carbocycles. The molecular weight excluding hydrogens is 224 g/mol. The first-order valence-corrected chi connectivity index (χ1v) is 6.68. The molecule has 0 unspecified atom stereocenters. The van der Waals surface area contributed by atoms with Crippen molar-refractivity contribution in [2.75, 3.05) is 5.75 Å². The second-order valence-corrected chi connectivity index (χ2v) is 5.63. The molecule has 2 nitrogen and oxygen atoms in total. The predicted molar refractivity (Wildman–Crippen MR) is 65.6 cm³/mol. The molecule has 0 atom stereocenters. The van der Waals surface area contributed by atoms with E-state index in [0.717, 1.165) is 21.5 Å². The van der Waals surface area contributed by atoms with E-state index in [-0.39, 0.29) is 0 Å². The van der Waals surface area contributed by atoms with Crippen molar-refractivity contribution in [2.45, 2.75) is 17.7 Å². The highest BCUT2D eigenvalue weighted by Crippen LogP contribution is 2.23. The van der Waals surface area contributed by atoms with E-state index < -0.39 is 0 Å².